The monoisotopic (exact) mass is 212 g/mol. The Morgan fingerprint density at radius 2 is 2.08 bits per heavy atom. The molecule has 0 spiro atoms. The summed E-state index contributed by atoms with van der Waals surface area (Å²) in [6, 6.07) is 0. The highest BCUT2D eigenvalue weighted by atomic mass is 32.3. The van der Waals surface area contributed by atoms with Crippen LogP contribution in [0.3, 0.4) is 0 Å². The molecule has 0 bridgehead atoms. The van der Waals surface area contributed by atoms with E-state index in [-0.39, 0.29) is 6.61 Å². The van der Waals surface area contributed by atoms with Gasteiger partial charge in [0.1, 0.15) is 0 Å². The minimum absolute atomic E-state index is 0.0287. The largest absolute Gasteiger partial charge is 0.397 e. The minimum atomic E-state index is -4.28. The van der Waals surface area contributed by atoms with Crippen molar-refractivity contribution in [3.63, 3.8) is 0 Å². The lowest BCUT2D eigenvalue weighted by atomic mass is 10.5. The van der Waals surface area contributed by atoms with Crippen LogP contribution in [0.4, 0.5) is 0 Å². The molecule has 7 heteroatoms. The number of hydrogen-bond acceptors (Lipinski definition) is 5. The normalized spacial score (nSPS) is 12.3. The van der Waals surface area contributed by atoms with Crippen molar-refractivity contribution in [3.05, 3.63) is 0 Å². The van der Waals surface area contributed by atoms with Gasteiger partial charge in [0.2, 0.25) is 0 Å². The third kappa shape index (κ3) is 9.71. The molecule has 0 unspecified atom stereocenters. The molecular formula is C6H16N2O4S. The fourth-order valence-corrected chi connectivity index (χ4v) is 0.998. The van der Waals surface area contributed by atoms with Crippen molar-refractivity contribution in [2.75, 3.05) is 40.3 Å². The van der Waals surface area contributed by atoms with Crippen molar-refractivity contribution >= 4 is 10.4 Å². The third-order valence-corrected chi connectivity index (χ3v) is 1.91. The van der Waals surface area contributed by atoms with Crippen LogP contribution in [0.2, 0.25) is 0 Å². The van der Waals surface area contributed by atoms with E-state index in [1.165, 1.54) is 0 Å². The highest BCUT2D eigenvalue weighted by Crippen LogP contribution is 1.87. The molecule has 13 heavy (non-hydrogen) atoms. The second-order valence-electron chi connectivity index (χ2n) is 2.66. The first kappa shape index (κ1) is 12.8. The molecule has 0 fully saturated rings. The maximum absolute atomic E-state index is 10.1. The van der Waals surface area contributed by atoms with E-state index in [4.69, 9.17) is 4.55 Å². The molecule has 2 N–H and O–H groups in total. The van der Waals surface area contributed by atoms with Crippen molar-refractivity contribution in [2.24, 2.45) is 0 Å². The lowest BCUT2D eigenvalue weighted by Gasteiger charge is -2.14. The predicted molar refractivity (Wildman–Crippen MR) is 48.9 cm³/mol. The maximum atomic E-state index is 10.1. The second kappa shape index (κ2) is 6.28. The quantitative estimate of drug-likeness (QED) is 0.525. The molecule has 0 saturated carbocycles. The zero-order valence-electron chi connectivity index (χ0n) is 7.86. The van der Waals surface area contributed by atoms with Crippen molar-refractivity contribution in [3.8, 4) is 0 Å². The van der Waals surface area contributed by atoms with Gasteiger partial charge in [0, 0.05) is 19.6 Å². The molecule has 0 aliphatic heterocycles. The van der Waals surface area contributed by atoms with Crippen molar-refractivity contribution in [2.45, 2.75) is 0 Å². The van der Waals surface area contributed by atoms with Gasteiger partial charge in [0.05, 0.1) is 6.61 Å². The average molecular weight is 212 g/mol. The van der Waals surface area contributed by atoms with Gasteiger partial charge in [-0.25, -0.2) is 4.18 Å². The molecule has 80 valence electrons. The summed E-state index contributed by atoms with van der Waals surface area (Å²) in [6.07, 6.45) is 0. The van der Waals surface area contributed by atoms with E-state index in [1.807, 2.05) is 19.0 Å². The van der Waals surface area contributed by atoms with E-state index < -0.39 is 10.4 Å². The molecule has 0 aromatic heterocycles. The maximum Gasteiger partial charge on any atom is 0.397 e. The van der Waals surface area contributed by atoms with Gasteiger partial charge in [-0.2, -0.15) is 8.42 Å². The Hall–Kier alpha value is -0.210. The Bertz CT molecular complexity index is 217. The minimum Gasteiger partial charge on any atom is -0.318 e. The van der Waals surface area contributed by atoms with Crippen molar-refractivity contribution in [1.82, 2.24) is 10.2 Å². The van der Waals surface area contributed by atoms with E-state index in [2.05, 4.69) is 9.50 Å². The van der Waals surface area contributed by atoms with Gasteiger partial charge in [0.25, 0.3) is 0 Å². The van der Waals surface area contributed by atoms with Crippen LogP contribution in [0.5, 0.6) is 0 Å². The van der Waals surface area contributed by atoms with E-state index in [9.17, 15) is 8.42 Å². The molecule has 0 aliphatic carbocycles. The van der Waals surface area contributed by atoms with Gasteiger partial charge >= 0.3 is 10.4 Å². The van der Waals surface area contributed by atoms with E-state index >= 15 is 0 Å². The van der Waals surface area contributed by atoms with Crippen LogP contribution in [-0.2, 0) is 14.6 Å². The standard InChI is InChI=1S/C6H16N2O4S/c1-7-3-4-8(2)5-6-12-13(9,10)11/h7H,3-6H2,1-2H3,(H,9,10,11). The Balaban J connectivity index is 3.42. The van der Waals surface area contributed by atoms with E-state index in [0.717, 1.165) is 13.1 Å². The smallest absolute Gasteiger partial charge is 0.318 e. The first-order valence-corrected chi connectivity index (χ1v) is 5.27. The summed E-state index contributed by atoms with van der Waals surface area (Å²) >= 11 is 0. The topological polar surface area (TPSA) is 78.9 Å². The zero-order chi connectivity index (χ0) is 10.3. The SMILES string of the molecule is CNCCN(C)CCOS(=O)(=O)O. The molecule has 0 radical (unpaired) electrons. The second-order valence-corrected chi connectivity index (χ2v) is 3.75. The van der Waals surface area contributed by atoms with Crippen LogP contribution >= 0.6 is 0 Å². The summed E-state index contributed by atoms with van der Waals surface area (Å²) < 4.78 is 32.6. The molecule has 0 heterocycles. The summed E-state index contributed by atoms with van der Waals surface area (Å²) in [5.74, 6) is 0. The summed E-state index contributed by atoms with van der Waals surface area (Å²) in [4.78, 5) is 1.89. The molecule has 0 saturated heterocycles. The molecule has 0 aromatic carbocycles. The van der Waals surface area contributed by atoms with Crippen molar-refractivity contribution < 1.29 is 17.2 Å². The van der Waals surface area contributed by atoms with Crippen molar-refractivity contribution in [1.29, 1.82) is 0 Å². The average Bonchev–Trinajstić information content (AvgIpc) is 1.98. The number of rotatable bonds is 7. The molecule has 0 aliphatic rings. The fraction of sp³-hybridized carbons (Fsp3) is 1.00. The van der Waals surface area contributed by atoms with Gasteiger partial charge in [-0.15, -0.1) is 0 Å². The van der Waals surface area contributed by atoms with Crippen LogP contribution in [0.1, 0.15) is 0 Å². The fourth-order valence-electron chi connectivity index (χ4n) is 0.713. The Morgan fingerprint density at radius 1 is 1.46 bits per heavy atom. The van der Waals surface area contributed by atoms with Gasteiger partial charge in [-0.05, 0) is 14.1 Å². The number of nitrogens with one attached hydrogen (secondary N) is 1. The molecular weight excluding hydrogens is 196 g/mol. The van der Waals surface area contributed by atoms with Crippen LogP contribution in [-0.4, -0.2) is 58.2 Å². The van der Waals surface area contributed by atoms with E-state index in [1.54, 1.807) is 0 Å². The van der Waals surface area contributed by atoms with Crippen LogP contribution < -0.4 is 5.32 Å². The molecule has 0 amide bonds. The van der Waals surface area contributed by atoms with Gasteiger partial charge in [0.15, 0.2) is 0 Å². The summed E-state index contributed by atoms with van der Waals surface area (Å²) in [5, 5.41) is 2.96. The van der Waals surface area contributed by atoms with Crippen LogP contribution in [0.15, 0.2) is 0 Å². The first-order valence-electron chi connectivity index (χ1n) is 3.90. The molecule has 0 atom stereocenters. The molecule has 0 rings (SSSR count). The van der Waals surface area contributed by atoms with E-state index in [0.29, 0.717) is 6.54 Å². The number of nitrogens with zero attached hydrogens (tertiary/aromatic N) is 1. The Labute approximate surface area is 78.8 Å². The van der Waals surface area contributed by atoms with Crippen LogP contribution in [0.25, 0.3) is 0 Å². The summed E-state index contributed by atoms with van der Waals surface area (Å²) in [6.45, 7) is 2.05. The summed E-state index contributed by atoms with van der Waals surface area (Å²) in [5.41, 5.74) is 0. The van der Waals surface area contributed by atoms with Crippen LogP contribution in [0, 0.1) is 0 Å². The molecule has 0 aromatic rings. The predicted octanol–water partition coefficient (Wildman–Crippen LogP) is -1.04. The number of likely N-dealkylation sites (N-methyl/N-ethyl adjacent to an activating group) is 2. The Morgan fingerprint density at radius 3 is 2.54 bits per heavy atom. The Kier molecular flexibility index (Phi) is 6.17. The molecule has 6 nitrogen and oxygen atoms in total. The van der Waals surface area contributed by atoms with Gasteiger partial charge < -0.3 is 10.2 Å². The summed E-state index contributed by atoms with van der Waals surface area (Å²) in [7, 11) is -0.609. The lowest BCUT2D eigenvalue weighted by molar-refractivity contribution is 0.220. The first-order chi connectivity index (χ1) is 5.95. The highest BCUT2D eigenvalue weighted by Gasteiger charge is 2.04. The highest BCUT2D eigenvalue weighted by molar-refractivity contribution is 7.80. The zero-order valence-corrected chi connectivity index (χ0v) is 8.67. The number of hydrogen-bond donors (Lipinski definition) is 2. The lowest BCUT2D eigenvalue weighted by Crippen LogP contribution is -2.30. The van der Waals surface area contributed by atoms with Gasteiger partial charge in [-0.3, -0.25) is 4.55 Å². The van der Waals surface area contributed by atoms with Gasteiger partial charge in [-0.1, -0.05) is 0 Å². The third-order valence-electron chi connectivity index (χ3n) is 1.45.